The van der Waals surface area contributed by atoms with Crippen LogP contribution in [0.1, 0.15) is 13.8 Å². The normalized spacial score (nSPS) is 10.9. The van der Waals surface area contributed by atoms with Gasteiger partial charge in [-0.3, -0.25) is 9.59 Å². The van der Waals surface area contributed by atoms with Crippen LogP contribution in [0, 0.1) is 0 Å². The first-order valence-electron chi connectivity index (χ1n) is 9.36. The van der Waals surface area contributed by atoms with E-state index >= 15 is 0 Å². The summed E-state index contributed by atoms with van der Waals surface area (Å²) in [6.07, 6.45) is 0.617. The lowest BCUT2D eigenvalue weighted by molar-refractivity contribution is -0.114. The van der Waals surface area contributed by atoms with Crippen LogP contribution in [0.5, 0.6) is 5.75 Å². The van der Waals surface area contributed by atoms with Crippen LogP contribution >= 0.6 is 0 Å². The van der Waals surface area contributed by atoms with Gasteiger partial charge in [0.2, 0.25) is 5.91 Å². The van der Waals surface area contributed by atoms with Gasteiger partial charge in [-0.15, -0.1) is 0 Å². The quantitative estimate of drug-likeness (QED) is 0.441. The van der Waals surface area contributed by atoms with Gasteiger partial charge in [-0.1, -0.05) is 18.2 Å². The number of benzene rings is 2. The van der Waals surface area contributed by atoms with Crippen LogP contribution in [0.25, 0.3) is 32.9 Å². The van der Waals surface area contributed by atoms with Gasteiger partial charge >= 0.3 is 6.16 Å². The molecule has 4 rings (SSSR count). The molecule has 0 fully saturated rings. The van der Waals surface area contributed by atoms with Crippen LogP contribution in [0.4, 0.5) is 10.5 Å². The minimum Gasteiger partial charge on any atom is -0.434 e. The molecular formula is C22H19N3O5. The molecule has 0 spiro atoms. The second kappa shape index (κ2) is 7.75. The summed E-state index contributed by atoms with van der Waals surface area (Å²) >= 11 is 0. The molecule has 8 heteroatoms. The second-order valence-corrected chi connectivity index (χ2v) is 6.66. The Kier molecular flexibility index (Phi) is 4.97. The van der Waals surface area contributed by atoms with E-state index in [-0.39, 0.29) is 23.8 Å². The average Bonchev–Trinajstić information content (AvgIpc) is 3.12. The molecule has 0 aliphatic rings. The summed E-state index contributed by atoms with van der Waals surface area (Å²) in [6, 6.07) is 13.0. The van der Waals surface area contributed by atoms with E-state index in [0.29, 0.717) is 27.5 Å². The van der Waals surface area contributed by atoms with E-state index < -0.39 is 6.16 Å². The standard InChI is InChI=1S/C22H19N3O5/c1-3-29-22(28)30-18-11-23-20-19(18)16-10-14(7-8-17(16)25-21(20)27)13-5-4-6-15(9-13)24-12(2)26/h4-11,23H,3H2,1-2H3,(H,24,26)(H,25,27). The molecule has 0 aliphatic heterocycles. The largest absolute Gasteiger partial charge is 0.513 e. The molecule has 0 unspecified atom stereocenters. The fourth-order valence-electron chi connectivity index (χ4n) is 3.37. The highest BCUT2D eigenvalue weighted by Gasteiger charge is 2.16. The highest BCUT2D eigenvalue weighted by atomic mass is 16.7. The zero-order valence-corrected chi connectivity index (χ0v) is 16.4. The molecule has 0 bridgehead atoms. The first kappa shape index (κ1) is 19.3. The number of anilines is 1. The Balaban J connectivity index is 1.87. The lowest BCUT2D eigenvalue weighted by Crippen LogP contribution is -2.10. The Labute approximate surface area is 170 Å². The molecule has 1 amide bonds. The van der Waals surface area contributed by atoms with E-state index in [2.05, 4.69) is 15.3 Å². The Morgan fingerprint density at radius 1 is 1.10 bits per heavy atom. The molecule has 0 saturated carbocycles. The minimum atomic E-state index is -0.842. The van der Waals surface area contributed by atoms with Gasteiger partial charge in [-0.05, 0) is 42.3 Å². The van der Waals surface area contributed by atoms with Gasteiger partial charge in [-0.25, -0.2) is 4.79 Å². The number of carbonyl (C=O) groups is 2. The van der Waals surface area contributed by atoms with Gasteiger partial charge in [0.15, 0.2) is 5.75 Å². The average molecular weight is 405 g/mol. The highest BCUT2D eigenvalue weighted by molar-refractivity contribution is 6.09. The Morgan fingerprint density at radius 3 is 2.67 bits per heavy atom. The van der Waals surface area contributed by atoms with Crippen molar-refractivity contribution < 1.29 is 19.1 Å². The number of H-pyrrole nitrogens is 2. The Hall–Kier alpha value is -4.07. The molecule has 30 heavy (non-hydrogen) atoms. The Bertz CT molecular complexity index is 1340. The van der Waals surface area contributed by atoms with E-state index in [9.17, 15) is 14.4 Å². The molecule has 2 heterocycles. The zero-order chi connectivity index (χ0) is 21.3. The molecule has 0 radical (unpaired) electrons. The molecule has 3 N–H and O–H groups in total. The van der Waals surface area contributed by atoms with E-state index in [1.54, 1.807) is 19.1 Å². The molecule has 2 aromatic carbocycles. The maximum atomic E-state index is 12.4. The number of aromatic amines is 2. The molecule has 0 atom stereocenters. The fourth-order valence-corrected chi connectivity index (χ4v) is 3.37. The van der Waals surface area contributed by atoms with Crippen molar-refractivity contribution in [3.05, 3.63) is 59.0 Å². The third-order valence-corrected chi connectivity index (χ3v) is 4.58. The van der Waals surface area contributed by atoms with Crippen molar-refractivity contribution in [2.24, 2.45) is 0 Å². The number of rotatable bonds is 4. The van der Waals surface area contributed by atoms with Crippen molar-refractivity contribution in [3.63, 3.8) is 0 Å². The van der Waals surface area contributed by atoms with Crippen LogP contribution in [0.2, 0.25) is 0 Å². The van der Waals surface area contributed by atoms with E-state index in [4.69, 9.17) is 9.47 Å². The summed E-state index contributed by atoms with van der Waals surface area (Å²) in [4.78, 5) is 41.3. The van der Waals surface area contributed by atoms with Crippen LogP contribution in [0.15, 0.2) is 53.5 Å². The molecule has 2 aromatic heterocycles. The maximum Gasteiger partial charge on any atom is 0.513 e. The monoisotopic (exact) mass is 405 g/mol. The number of ether oxygens (including phenoxy) is 2. The number of fused-ring (bicyclic) bond motifs is 3. The van der Waals surface area contributed by atoms with Crippen LogP contribution < -0.4 is 15.6 Å². The number of aromatic nitrogens is 2. The van der Waals surface area contributed by atoms with Crippen molar-refractivity contribution in [1.29, 1.82) is 0 Å². The first-order valence-corrected chi connectivity index (χ1v) is 9.36. The van der Waals surface area contributed by atoms with Crippen molar-refractivity contribution in [3.8, 4) is 16.9 Å². The topological polar surface area (TPSA) is 113 Å². The molecular weight excluding hydrogens is 386 g/mol. The molecule has 152 valence electrons. The van der Waals surface area contributed by atoms with E-state index in [0.717, 1.165) is 11.1 Å². The number of nitrogens with one attached hydrogen (secondary N) is 3. The maximum absolute atomic E-state index is 12.4. The second-order valence-electron chi connectivity index (χ2n) is 6.66. The molecule has 0 saturated heterocycles. The molecule has 4 aromatic rings. The van der Waals surface area contributed by atoms with E-state index in [1.165, 1.54) is 13.1 Å². The summed E-state index contributed by atoms with van der Waals surface area (Å²) in [7, 11) is 0. The lowest BCUT2D eigenvalue weighted by atomic mass is 10.0. The van der Waals surface area contributed by atoms with Crippen molar-refractivity contribution >= 4 is 39.6 Å². The van der Waals surface area contributed by atoms with E-state index in [1.807, 2.05) is 30.3 Å². The van der Waals surface area contributed by atoms with Crippen LogP contribution in [-0.2, 0) is 9.53 Å². The van der Waals surface area contributed by atoms with Gasteiger partial charge in [0.05, 0.1) is 12.0 Å². The smallest absolute Gasteiger partial charge is 0.434 e. The van der Waals surface area contributed by atoms with Crippen molar-refractivity contribution in [1.82, 2.24) is 9.97 Å². The molecule has 8 nitrogen and oxygen atoms in total. The summed E-state index contributed by atoms with van der Waals surface area (Å²) in [6.45, 7) is 3.31. The highest BCUT2D eigenvalue weighted by Crippen LogP contribution is 2.33. The predicted molar refractivity (Wildman–Crippen MR) is 114 cm³/mol. The fraction of sp³-hybridized carbons (Fsp3) is 0.136. The summed E-state index contributed by atoms with van der Waals surface area (Å²) in [5, 5.41) is 3.95. The summed E-state index contributed by atoms with van der Waals surface area (Å²) in [5.74, 6) is 0.0571. The third kappa shape index (κ3) is 3.62. The van der Waals surface area contributed by atoms with Crippen molar-refractivity contribution in [2.45, 2.75) is 13.8 Å². The van der Waals surface area contributed by atoms with Gasteiger partial charge in [0.1, 0.15) is 5.52 Å². The lowest BCUT2D eigenvalue weighted by Gasteiger charge is -2.09. The Morgan fingerprint density at radius 2 is 1.90 bits per heavy atom. The van der Waals surface area contributed by atoms with Crippen LogP contribution in [-0.4, -0.2) is 28.6 Å². The number of carbonyl (C=O) groups excluding carboxylic acids is 2. The number of amides is 1. The van der Waals surface area contributed by atoms with Gasteiger partial charge in [-0.2, -0.15) is 0 Å². The number of hydrogen-bond donors (Lipinski definition) is 3. The van der Waals surface area contributed by atoms with Gasteiger partial charge < -0.3 is 24.8 Å². The number of hydrogen-bond acceptors (Lipinski definition) is 5. The minimum absolute atomic E-state index is 0.155. The zero-order valence-electron chi connectivity index (χ0n) is 16.4. The SMILES string of the molecule is CCOC(=O)Oc1c[nH]c2c(=O)[nH]c3ccc(-c4cccc(NC(C)=O)c4)cc3c12. The summed E-state index contributed by atoms with van der Waals surface area (Å²) in [5.41, 5.74) is 3.00. The van der Waals surface area contributed by atoms with Crippen molar-refractivity contribution in [2.75, 3.05) is 11.9 Å². The van der Waals surface area contributed by atoms with Crippen LogP contribution in [0.3, 0.4) is 0 Å². The van der Waals surface area contributed by atoms with Gasteiger partial charge in [0, 0.05) is 29.7 Å². The van der Waals surface area contributed by atoms with Gasteiger partial charge in [0.25, 0.3) is 5.56 Å². The third-order valence-electron chi connectivity index (χ3n) is 4.58. The number of pyridine rings is 1. The first-order chi connectivity index (χ1) is 14.5. The molecule has 0 aliphatic carbocycles. The summed E-state index contributed by atoms with van der Waals surface area (Å²) < 4.78 is 10.1. The predicted octanol–water partition coefficient (Wildman–Crippen LogP) is 4.17.